The third-order valence-corrected chi connectivity index (χ3v) is 5.84. The molecular weight excluding hydrogens is 378 g/mol. The minimum absolute atomic E-state index is 0.0836. The summed E-state index contributed by atoms with van der Waals surface area (Å²) in [5.74, 6) is -0.302. The van der Waals surface area contributed by atoms with Crippen LogP contribution in [-0.4, -0.2) is 46.3 Å². The first-order chi connectivity index (χ1) is 14.1. The van der Waals surface area contributed by atoms with E-state index in [2.05, 4.69) is 32.8 Å². The molecule has 6 heteroatoms. The van der Waals surface area contributed by atoms with Crippen LogP contribution in [0, 0.1) is 13.8 Å². The van der Waals surface area contributed by atoms with Crippen LogP contribution in [0.3, 0.4) is 0 Å². The first-order valence-corrected chi connectivity index (χ1v) is 10.8. The summed E-state index contributed by atoms with van der Waals surface area (Å²) in [5, 5.41) is 4.61. The van der Waals surface area contributed by atoms with Crippen molar-refractivity contribution in [2.75, 3.05) is 19.7 Å². The van der Waals surface area contributed by atoms with Crippen molar-refractivity contribution in [1.29, 1.82) is 0 Å². The average Bonchev–Trinajstić information content (AvgIpc) is 3.16. The quantitative estimate of drug-likeness (QED) is 0.697. The van der Waals surface area contributed by atoms with Gasteiger partial charge in [-0.2, -0.15) is 5.10 Å². The number of piperidine rings is 1. The van der Waals surface area contributed by atoms with Gasteiger partial charge in [-0.25, -0.2) is 4.79 Å². The van der Waals surface area contributed by atoms with Gasteiger partial charge in [0.25, 0.3) is 5.91 Å². The average molecular weight is 412 g/mol. The molecule has 0 N–H and O–H groups in total. The number of esters is 1. The van der Waals surface area contributed by atoms with E-state index in [0.29, 0.717) is 25.4 Å². The Kier molecular flexibility index (Phi) is 6.34. The number of hydrogen-bond donors (Lipinski definition) is 0. The summed E-state index contributed by atoms with van der Waals surface area (Å²) < 4.78 is 7.13. The van der Waals surface area contributed by atoms with Crippen molar-refractivity contribution in [3.05, 3.63) is 52.3 Å². The maximum absolute atomic E-state index is 12.9. The number of hydrogen-bond acceptors (Lipinski definition) is 4. The molecule has 0 spiro atoms. The lowest BCUT2D eigenvalue weighted by Crippen LogP contribution is -2.40. The molecule has 6 nitrogen and oxygen atoms in total. The van der Waals surface area contributed by atoms with Crippen molar-refractivity contribution in [2.45, 2.75) is 65.8 Å². The summed E-state index contributed by atoms with van der Waals surface area (Å²) in [7, 11) is 0. The smallest absolute Gasteiger partial charge is 0.358 e. The van der Waals surface area contributed by atoms with E-state index in [9.17, 15) is 9.59 Å². The van der Waals surface area contributed by atoms with Crippen LogP contribution in [0.15, 0.2) is 24.3 Å². The minimum atomic E-state index is -0.385. The van der Waals surface area contributed by atoms with Gasteiger partial charge in [-0.3, -0.25) is 9.48 Å². The fourth-order valence-electron chi connectivity index (χ4n) is 3.91. The largest absolute Gasteiger partial charge is 0.461 e. The molecule has 1 saturated heterocycles. The molecule has 30 heavy (non-hydrogen) atoms. The van der Waals surface area contributed by atoms with Gasteiger partial charge < -0.3 is 9.64 Å². The van der Waals surface area contributed by atoms with E-state index >= 15 is 0 Å². The van der Waals surface area contributed by atoms with Gasteiger partial charge in [-0.15, -0.1) is 0 Å². The Morgan fingerprint density at radius 3 is 2.33 bits per heavy atom. The summed E-state index contributed by atoms with van der Waals surface area (Å²) in [4.78, 5) is 27.1. The lowest BCUT2D eigenvalue weighted by atomic mass is 9.91. The number of likely N-dealkylation sites (tertiary alicyclic amines) is 1. The molecule has 0 saturated carbocycles. The van der Waals surface area contributed by atoms with E-state index in [0.717, 1.165) is 29.7 Å². The number of carbonyl (C=O) groups excluding carboxylic acids is 2. The Morgan fingerprint density at radius 1 is 1.10 bits per heavy atom. The van der Waals surface area contributed by atoms with Gasteiger partial charge in [0.05, 0.1) is 12.6 Å². The van der Waals surface area contributed by atoms with Gasteiger partial charge in [0, 0.05) is 29.8 Å². The Balaban J connectivity index is 1.76. The third kappa shape index (κ3) is 4.58. The normalized spacial score (nSPS) is 15.3. The second-order valence-corrected chi connectivity index (χ2v) is 9.15. The second kappa shape index (κ2) is 8.62. The Hall–Kier alpha value is -2.63. The van der Waals surface area contributed by atoms with Gasteiger partial charge in [0.15, 0.2) is 5.69 Å². The monoisotopic (exact) mass is 411 g/mol. The van der Waals surface area contributed by atoms with Gasteiger partial charge >= 0.3 is 5.97 Å². The lowest BCUT2D eigenvalue weighted by Gasteiger charge is -2.34. The molecule has 2 aromatic rings. The maximum Gasteiger partial charge on any atom is 0.358 e. The SMILES string of the molecule is CCOC(=O)c1cc(C(C)(C)C)n(C2CCN(C(=O)c3ccc(C)c(C)c3)CC2)n1. The fourth-order valence-corrected chi connectivity index (χ4v) is 3.91. The molecule has 3 rings (SSSR count). The molecule has 1 aromatic carbocycles. The van der Waals surface area contributed by atoms with Gasteiger partial charge in [-0.1, -0.05) is 26.8 Å². The summed E-state index contributed by atoms with van der Waals surface area (Å²) in [6.45, 7) is 13.9. The van der Waals surface area contributed by atoms with E-state index in [1.165, 1.54) is 5.56 Å². The molecule has 0 atom stereocenters. The number of rotatable bonds is 4. The molecular formula is C24H33N3O3. The molecule has 1 aliphatic heterocycles. The number of nitrogens with zero attached hydrogens (tertiary/aromatic N) is 3. The van der Waals surface area contributed by atoms with Crippen LogP contribution in [0.4, 0.5) is 0 Å². The van der Waals surface area contributed by atoms with E-state index in [1.807, 2.05) is 40.8 Å². The third-order valence-electron chi connectivity index (χ3n) is 5.84. The van der Waals surface area contributed by atoms with Crippen molar-refractivity contribution >= 4 is 11.9 Å². The van der Waals surface area contributed by atoms with Crippen LogP contribution in [-0.2, 0) is 10.2 Å². The topological polar surface area (TPSA) is 64.4 Å². The number of carbonyl (C=O) groups is 2. The zero-order valence-electron chi connectivity index (χ0n) is 19.0. The zero-order chi connectivity index (χ0) is 22.1. The van der Waals surface area contributed by atoms with Crippen LogP contribution in [0.5, 0.6) is 0 Å². The lowest BCUT2D eigenvalue weighted by molar-refractivity contribution is 0.0517. The summed E-state index contributed by atoms with van der Waals surface area (Å²) in [5.41, 5.74) is 4.30. The van der Waals surface area contributed by atoms with E-state index in [4.69, 9.17) is 4.74 Å². The van der Waals surface area contributed by atoms with Crippen LogP contribution in [0.25, 0.3) is 0 Å². The molecule has 1 fully saturated rings. The van der Waals surface area contributed by atoms with Gasteiger partial charge in [-0.05, 0) is 62.9 Å². The minimum Gasteiger partial charge on any atom is -0.461 e. The number of aromatic nitrogens is 2. The van der Waals surface area contributed by atoms with Crippen LogP contribution in [0.1, 0.15) is 84.2 Å². The number of aryl methyl sites for hydroxylation is 2. The van der Waals surface area contributed by atoms with Crippen LogP contribution in [0.2, 0.25) is 0 Å². The maximum atomic E-state index is 12.9. The Labute approximate surface area is 179 Å². The van der Waals surface area contributed by atoms with Crippen molar-refractivity contribution in [2.24, 2.45) is 0 Å². The first kappa shape index (κ1) is 22.1. The molecule has 1 amide bonds. The molecule has 0 aliphatic carbocycles. The highest BCUT2D eigenvalue weighted by molar-refractivity contribution is 5.94. The highest BCUT2D eigenvalue weighted by atomic mass is 16.5. The molecule has 1 aromatic heterocycles. The van der Waals surface area contributed by atoms with Crippen molar-refractivity contribution < 1.29 is 14.3 Å². The Morgan fingerprint density at radius 2 is 1.77 bits per heavy atom. The number of benzene rings is 1. The van der Waals surface area contributed by atoms with Crippen molar-refractivity contribution in [3.8, 4) is 0 Å². The highest BCUT2D eigenvalue weighted by Crippen LogP contribution is 2.31. The molecule has 2 heterocycles. The first-order valence-electron chi connectivity index (χ1n) is 10.8. The molecule has 0 radical (unpaired) electrons. The number of ether oxygens (including phenoxy) is 1. The molecule has 0 unspecified atom stereocenters. The Bertz CT molecular complexity index is 932. The predicted octanol–water partition coefficient (Wildman–Crippen LogP) is 4.45. The standard InChI is InChI=1S/C24H33N3O3/c1-7-30-23(29)20-15-21(24(4,5)6)27(25-20)19-10-12-26(13-11-19)22(28)18-9-8-16(2)17(3)14-18/h8-9,14-15,19H,7,10-13H2,1-6H3. The van der Waals surface area contributed by atoms with Gasteiger partial charge in [0.1, 0.15) is 0 Å². The summed E-state index contributed by atoms with van der Waals surface area (Å²) in [6.07, 6.45) is 1.62. The molecule has 162 valence electrons. The zero-order valence-corrected chi connectivity index (χ0v) is 19.0. The van der Waals surface area contributed by atoms with E-state index < -0.39 is 0 Å². The summed E-state index contributed by atoms with van der Waals surface area (Å²) in [6, 6.07) is 7.90. The fraction of sp³-hybridized carbons (Fsp3) is 0.542. The van der Waals surface area contributed by atoms with E-state index in [1.54, 1.807) is 6.92 Å². The van der Waals surface area contributed by atoms with Crippen LogP contribution >= 0.6 is 0 Å². The highest BCUT2D eigenvalue weighted by Gasteiger charge is 2.31. The molecule has 1 aliphatic rings. The van der Waals surface area contributed by atoms with Crippen LogP contribution < -0.4 is 0 Å². The second-order valence-electron chi connectivity index (χ2n) is 9.15. The molecule has 0 bridgehead atoms. The van der Waals surface area contributed by atoms with Crippen molar-refractivity contribution in [3.63, 3.8) is 0 Å². The van der Waals surface area contributed by atoms with Crippen molar-refractivity contribution in [1.82, 2.24) is 14.7 Å². The number of amides is 1. The van der Waals surface area contributed by atoms with Gasteiger partial charge in [0.2, 0.25) is 0 Å². The van der Waals surface area contributed by atoms with E-state index in [-0.39, 0.29) is 23.3 Å². The summed E-state index contributed by atoms with van der Waals surface area (Å²) >= 11 is 0. The predicted molar refractivity (Wildman–Crippen MR) is 117 cm³/mol.